The van der Waals surface area contributed by atoms with Gasteiger partial charge in [-0.15, -0.1) is 0 Å². The molecule has 0 aliphatic heterocycles. The van der Waals surface area contributed by atoms with E-state index in [4.69, 9.17) is 0 Å². The molecule has 0 aromatic rings. The number of hydrogen-bond acceptors (Lipinski definition) is 3. The van der Waals surface area contributed by atoms with Crippen LogP contribution in [-0.4, -0.2) is 40.5 Å². The maximum absolute atomic E-state index is 9.23. The minimum Gasteiger partial charge on any atom is -0.368 e. The molecule has 1 unspecified atom stereocenters. The average molecular weight is 243 g/mol. The van der Waals surface area contributed by atoms with Crippen LogP contribution in [0.15, 0.2) is 0 Å². The molecule has 1 aliphatic carbocycles. The van der Waals surface area contributed by atoms with Crippen molar-refractivity contribution in [2.45, 2.75) is 65.2 Å². The van der Waals surface area contributed by atoms with Gasteiger partial charge in [0.1, 0.15) is 0 Å². The van der Waals surface area contributed by atoms with Gasteiger partial charge in [-0.05, 0) is 18.8 Å². The van der Waals surface area contributed by atoms with E-state index in [0.29, 0.717) is 12.0 Å². The fourth-order valence-electron chi connectivity index (χ4n) is 2.75. The number of nitrogens with zero attached hydrogens (tertiary/aromatic N) is 1. The van der Waals surface area contributed by atoms with Gasteiger partial charge in [-0.3, -0.25) is 4.90 Å². The molecule has 0 heterocycles. The molecule has 0 spiro atoms. The zero-order valence-electron chi connectivity index (χ0n) is 11.6. The Labute approximate surface area is 106 Å². The molecule has 1 saturated carbocycles. The van der Waals surface area contributed by atoms with Gasteiger partial charge in [-0.25, -0.2) is 0 Å². The Balaban J connectivity index is 2.52. The first-order valence-corrected chi connectivity index (χ1v) is 7.11. The van der Waals surface area contributed by atoms with E-state index in [1.54, 1.807) is 0 Å². The molecule has 0 aromatic heterocycles. The fraction of sp³-hybridized carbons (Fsp3) is 1.00. The largest absolute Gasteiger partial charge is 0.368 e. The van der Waals surface area contributed by atoms with E-state index in [1.807, 2.05) is 6.92 Å². The summed E-state index contributed by atoms with van der Waals surface area (Å²) < 4.78 is 0. The quantitative estimate of drug-likeness (QED) is 0.703. The second-order valence-corrected chi connectivity index (χ2v) is 6.03. The molecule has 0 aromatic carbocycles. The van der Waals surface area contributed by atoms with Gasteiger partial charge in [0.05, 0.1) is 0 Å². The molecule has 0 bridgehead atoms. The van der Waals surface area contributed by atoms with E-state index in [9.17, 15) is 10.2 Å². The van der Waals surface area contributed by atoms with Gasteiger partial charge in [-0.1, -0.05) is 40.0 Å². The van der Waals surface area contributed by atoms with Crippen molar-refractivity contribution in [1.82, 2.24) is 4.90 Å². The van der Waals surface area contributed by atoms with Crippen molar-refractivity contribution in [3.05, 3.63) is 0 Å². The maximum atomic E-state index is 9.23. The topological polar surface area (TPSA) is 43.7 Å². The van der Waals surface area contributed by atoms with Crippen LogP contribution >= 0.6 is 0 Å². The summed E-state index contributed by atoms with van der Waals surface area (Å²) in [4.78, 5) is 2.48. The van der Waals surface area contributed by atoms with Gasteiger partial charge in [0, 0.05) is 25.0 Å². The summed E-state index contributed by atoms with van der Waals surface area (Å²) in [6, 6.07) is 0.660. The lowest BCUT2D eigenvalue weighted by molar-refractivity contribution is -0.0892. The summed E-state index contributed by atoms with van der Waals surface area (Å²) in [7, 11) is 0. The maximum Gasteiger partial charge on any atom is 0.155 e. The highest BCUT2D eigenvalue weighted by molar-refractivity contribution is 4.78. The lowest BCUT2D eigenvalue weighted by atomic mass is 9.92. The number of aliphatic hydroxyl groups excluding tert-OH is 1. The van der Waals surface area contributed by atoms with Gasteiger partial charge in [-0.2, -0.15) is 0 Å². The molecule has 1 rings (SSSR count). The van der Waals surface area contributed by atoms with Crippen molar-refractivity contribution < 1.29 is 10.2 Å². The summed E-state index contributed by atoms with van der Waals surface area (Å²) >= 11 is 0. The minimum atomic E-state index is -1.19. The summed E-state index contributed by atoms with van der Waals surface area (Å²) in [5, 5.41) is 18.5. The first kappa shape index (κ1) is 14.9. The fourth-order valence-corrected chi connectivity index (χ4v) is 2.75. The second-order valence-electron chi connectivity index (χ2n) is 6.03. The summed E-state index contributed by atoms with van der Waals surface area (Å²) in [5.41, 5.74) is 0. The van der Waals surface area contributed by atoms with Crippen LogP contribution < -0.4 is 0 Å². The van der Waals surface area contributed by atoms with E-state index in [2.05, 4.69) is 18.7 Å². The predicted molar refractivity (Wildman–Crippen MR) is 70.7 cm³/mol. The third kappa shape index (κ3) is 5.36. The average Bonchev–Trinajstić information content (AvgIpc) is 2.28. The van der Waals surface area contributed by atoms with E-state index < -0.39 is 6.29 Å². The zero-order valence-corrected chi connectivity index (χ0v) is 11.6. The molecular weight excluding hydrogens is 214 g/mol. The van der Waals surface area contributed by atoms with Crippen LogP contribution in [0, 0.1) is 11.8 Å². The van der Waals surface area contributed by atoms with Gasteiger partial charge in [0.25, 0.3) is 0 Å². The Morgan fingerprint density at radius 3 is 2.06 bits per heavy atom. The van der Waals surface area contributed by atoms with E-state index in [0.717, 1.165) is 13.1 Å². The molecule has 2 N–H and O–H groups in total. The minimum absolute atomic E-state index is 0.0596. The lowest BCUT2D eigenvalue weighted by Crippen LogP contribution is -2.43. The lowest BCUT2D eigenvalue weighted by Gasteiger charge is -2.37. The zero-order chi connectivity index (χ0) is 12.8. The molecule has 1 atom stereocenters. The summed E-state index contributed by atoms with van der Waals surface area (Å²) in [5.74, 6) is 0.579. The number of hydrogen-bond donors (Lipinski definition) is 2. The smallest absolute Gasteiger partial charge is 0.155 e. The normalized spacial score (nSPS) is 20.5. The van der Waals surface area contributed by atoms with Crippen molar-refractivity contribution in [3.8, 4) is 0 Å². The van der Waals surface area contributed by atoms with Gasteiger partial charge in [0.2, 0.25) is 0 Å². The first-order chi connectivity index (χ1) is 8.00. The van der Waals surface area contributed by atoms with E-state index >= 15 is 0 Å². The van der Waals surface area contributed by atoms with Crippen LogP contribution in [0.2, 0.25) is 0 Å². The second kappa shape index (κ2) is 7.34. The highest BCUT2D eigenvalue weighted by atomic mass is 16.5. The SMILES string of the molecule is CC(C)CN(CC(C)C(O)O)C1CCCCC1. The highest BCUT2D eigenvalue weighted by Crippen LogP contribution is 2.24. The molecule has 102 valence electrons. The van der Waals surface area contributed by atoms with Crippen LogP contribution in [0.1, 0.15) is 52.9 Å². The summed E-state index contributed by atoms with van der Waals surface area (Å²) in [6.07, 6.45) is 5.39. The Morgan fingerprint density at radius 2 is 1.59 bits per heavy atom. The number of rotatable bonds is 6. The van der Waals surface area contributed by atoms with Crippen molar-refractivity contribution in [2.75, 3.05) is 13.1 Å². The third-order valence-electron chi connectivity index (χ3n) is 3.72. The number of aliphatic hydroxyl groups is 2. The Bertz CT molecular complexity index is 200. The van der Waals surface area contributed by atoms with Crippen LogP contribution in [0.5, 0.6) is 0 Å². The van der Waals surface area contributed by atoms with Gasteiger partial charge < -0.3 is 10.2 Å². The van der Waals surface area contributed by atoms with Crippen LogP contribution in [0.25, 0.3) is 0 Å². The third-order valence-corrected chi connectivity index (χ3v) is 3.72. The van der Waals surface area contributed by atoms with Crippen LogP contribution in [-0.2, 0) is 0 Å². The Hall–Kier alpha value is -0.120. The first-order valence-electron chi connectivity index (χ1n) is 7.11. The summed E-state index contributed by atoms with van der Waals surface area (Å²) in [6.45, 7) is 8.26. The van der Waals surface area contributed by atoms with Gasteiger partial charge in [0.15, 0.2) is 6.29 Å². The monoisotopic (exact) mass is 243 g/mol. The van der Waals surface area contributed by atoms with Crippen LogP contribution in [0.3, 0.4) is 0 Å². The molecule has 1 fully saturated rings. The predicted octanol–water partition coefficient (Wildman–Crippen LogP) is 2.22. The van der Waals surface area contributed by atoms with Crippen molar-refractivity contribution in [1.29, 1.82) is 0 Å². The molecule has 0 radical (unpaired) electrons. The molecule has 3 heteroatoms. The van der Waals surface area contributed by atoms with Crippen molar-refractivity contribution in [2.24, 2.45) is 11.8 Å². The van der Waals surface area contributed by atoms with Gasteiger partial charge >= 0.3 is 0 Å². The molecular formula is C14H29NO2. The van der Waals surface area contributed by atoms with Crippen LogP contribution in [0.4, 0.5) is 0 Å². The standard InChI is InChI=1S/C14H29NO2/c1-11(2)9-15(10-12(3)14(16)17)13-7-5-4-6-8-13/h11-14,16-17H,4-10H2,1-3H3. The van der Waals surface area contributed by atoms with E-state index in [-0.39, 0.29) is 5.92 Å². The molecule has 0 saturated heterocycles. The van der Waals surface area contributed by atoms with E-state index in [1.165, 1.54) is 32.1 Å². The molecule has 17 heavy (non-hydrogen) atoms. The molecule has 1 aliphatic rings. The van der Waals surface area contributed by atoms with Crippen molar-refractivity contribution in [3.63, 3.8) is 0 Å². The molecule has 0 amide bonds. The Morgan fingerprint density at radius 1 is 1.00 bits per heavy atom. The molecule has 3 nitrogen and oxygen atoms in total. The van der Waals surface area contributed by atoms with Crippen molar-refractivity contribution >= 4 is 0 Å². The highest BCUT2D eigenvalue weighted by Gasteiger charge is 2.24. The Kier molecular flexibility index (Phi) is 6.45.